The van der Waals surface area contributed by atoms with Gasteiger partial charge in [0.15, 0.2) is 17.7 Å². The molecule has 1 aromatic carbocycles. The second kappa shape index (κ2) is 10.6. The smallest absolute Gasteiger partial charge is 0.167 e. The van der Waals surface area contributed by atoms with Gasteiger partial charge in [-0.05, 0) is 62.1 Å². The third-order valence-corrected chi connectivity index (χ3v) is 8.92. The summed E-state index contributed by atoms with van der Waals surface area (Å²) in [6, 6.07) is 7.23. The van der Waals surface area contributed by atoms with Gasteiger partial charge in [0.25, 0.3) is 0 Å². The van der Waals surface area contributed by atoms with Crippen LogP contribution in [0, 0.1) is 5.92 Å². The lowest BCUT2D eigenvalue weighted by Gasteiger charge is -2.46. The van der Waals surface area contributed by atoms with Crippen molar-refractivity contribution in [3.63, 3.8) is 0 Å². The molecule has 41 heavy (non-hydrogen) atoms. The predicted octanol–water partition coefficient (Wildman–Crippen LogP) is 3.32. The minimum absolute atomic E-state index is 0.104. The highest BCUT2D eigenvalue weighted by molar-refractivity contribution is 5.81. The summed E-state index contributed by atoms with van der Waals surface area (Å²) >= 11 is 0. The van der Waals surface area contributed by atoms with E-state index in [2.05, 4.69) is 77.7 Å². The van der Waals surface area contributed by atoms with Crippen LogP contribution < -0.4 is 5.73 Å². The molecular weight excluding hydrogens is 520 g/mol. The third-order valence-electron chi connectivity index (χ3n) is 8.92. The summed E-state index contributed by atoms with van der Waals surface area (Å²) in [4.78, 5) is 23.3. The lowest BCUT2D eigenvalue weighted by Crippen LogP contribution is -2.52. The number of aromatic nitrogens is 6. The number of aliphatic hydroxyl groups is 2. The van der Waals surface area contributed by atoms with Crippen molar-refractivity contribution in [2.75, 3.05) is 12.3 Å². The van der Waals surface area contributed by atoms with E-state index in [9.17, 15) is 10.2 Å². The maximum atomic E-state index is 10.9. The Labute approximate surface area is 240 Å². The molecule has 1 saturated heterocycles. The molecule has 5 N–H and O–H groups in total. The Balaban J connectivity index is 1.06. The zero-order chi connectivity index (χ0) is 29.1. The minimum atomic E-state index is -1.11. The average Bonchev–Trinajstić information content (AvgIpc) is 3.58. The number of aromatic amines is 1. The number of imidazole rings is 2. The van der Waals surface area contributed by atoms with E-state index in [1.807, 2.05) is 0 Å². The quantitative estimate of drug-likeness (QED) is 0.253. The van der Waals surface area contributed by atoms with Gasteiger partial charge in [0, 0.05) is 25.0 Å². The molecule has 11 nitrogen and oxygen atoms in total. The molecule has 0 radical (unpaired) electrons. The second-order valence-corrected chi connectivity index (χ2v) is 13.1. The fourth-order valence-corrected chi connectivity index (χ4v) is 6.35. The van der Waals surface area contributed by atoms with Crippen molar-refractivity contribution in [3.8, 4) is 0 Å². The summed E-state index contributed by atoms with van der Waals surface area (Å²) in [7, 11) is 0. The summed E-state index contributed by atoms with van der Waals surface area (Å²) in [5, 5.41) is 21.8. The summed E-state index contributed by atoms with van der Waals surface area (Å²) in [6.45, 7) is 11.6. The maximum Gasteiger partial charge on any atom is 0.167 e. The van der Waals surface area contributed by atoms with Gasteiger partial charge in [0.05, 0.1) is 17.4 Å². The van der Waals surface area contributed by atoms with Gasteiger partial charge < -0.3 is 25.7 Å². The molecule has 1 aliphatic carbocycles. The summed E-state index contributed by atoms with van der Waals surface area (Å²) in [5.41, 5.74) is 10.4. The molecule has 4 heterocycles. The zero-order valence-electron chi connectivity index (χ0n) is 24.5. The summed E-state index contributed by atoms with van der Waals surface area (Å²) < 4.78 is 7.86. The van der Waals surface area contributed by atoms with E-state index in [0.717, 1.165) is 42.5 Å². The Morgan fingerprint density at radius 2 is 1.93 bits per heavy atom. The Bertz CT molecular complexity index is 1520. The molecule has 3 aromatic heterocycles. The van der Waals surface area contributed by atoms with Crippen LogP contribution in [0.3, 0.4) is 0 Å². The molecule has 0 spiro atoms. The number of nitrogen functional groups attached to an aromatic ring is 1. The number of benzene rings is 1. The number of hydrogen-bond donors (Lipinski definition) is 4. The number of aryl methyl sites for hydroxylation is 1. The van der Waals surface area contributed by atoms with Crippen LogP contribution in [0.2, 0.25) is 0 Å². The molecule has 11 heteroatoms. The van der Waals surface area contributed by atoms with Gasteiger partial charge in [-0.25, -0.2) is 19.9 Å². The van der Waals surface area contributed by atoms with Crippen LogP contribution in [-0.2, 0) is 16.6 Å². The van der Waals surface area contributed by atoms with Crippen molar-refractivity contribution in [2.45, 2.75) is 102 Å². The van der Waals surface area contributed by atoms with Gasteiger partial charge in [-0.1, -0.05) is 26.8 Å². The molecule has 1 unspecified atom stereocenters. The SMILES string of the molecule is CC(C)N(C[C@H]1OC(n2cnc3c(N)ncnc32)[C@H](O)[C@@H]1O)C1CC(CCc2nc3cc(C(C)(C)C)ccc3[nH]2)C1. The molecule has 4 atom stereocenters. The van der Waals surface area contributed by atoms with E-state index in [1.165, 1.54) is 18.2 Å². The molecule has 1 aliphatic heterocycles. The first-order valence-corrected chi connectivity index (χ1v) is 14.7. The molecule has 220 valence electrons. The Morgan fingerprint density at radius 1 is 1.15 bits per heavy atom. The number of aliphatic hydroxyl groups excluding tert-OH is 2. The van der Waals surface area contributed by atoms with E-state index in [-0.39, 0.29) is 17.3 Å². The number of H-pyrrole nitrogens is 1. The van der Waals surface area contributed by atoms with Gasteiger partial charge in [-0.3, -0.25) is 9.47 Å². The first-order valence-electron chi connectivity index (χ1n) is 14.7. The number of nitrogens with one attached hydrogen (secondary N) is 1. The largest absolute Gasteiger partial charge is 0.387 e. The van der Waals surface area contributed by atoms with E-state index >= 15 is 0 Å². The molecule has 0 amide bonds. The fourth-order valence-electron chi connectivity index (χ4n) is 6.35. The number of nitrogens with zero attached hydrogens (tertiary/aromatic N) is 6. The number of anilines is 1. The zero-order valence-corrected chi connectivity index (χ0v) is 24.5. The fraction of sp³-hybridized carbons (Fsp3) is 0.600. The van der Waals surface area contributed by atoms with Gasteiger partial charge in [-0.15, -0.1) is 0 Å². The Morgan fingerprint density at radius 3 is 2.66 bits per heavy atom. The predicted molar refractivity (Wildman–Crippen MR) is 157 cm³/mol. The molecule has 4 aromatic rings. The molecular formula is C30H42N8O3. The van der Waals surface area contributed by atoms with Crippen molar-refractivity contribution in [3.05, 3.63) is 42.2 Å². The van der Waals surface area contributed by atoms with Crippen LogP contribution in [0.1, 0.15) is 71.5 Å². The van der Waals surface area contributed by atoms with Gasteiger partial charge in [0.2, 0.25) is 0 Å². The van der Waals surface area contributed by atoms with E-state index in [4.69, 9.17) is 15.5 Å². The third kappa shape index (κ3) is 5.31. The normalized spacial score (nSPS) is 27.0. The van der Waals surface area contributed by atoms with Crippen LogP contribution in [0.5, 0.6) is 0 Å². The van der Waals surface area contributed by atoms with E-state index < -0.39 is 24.5 Å². The number of hydrogen-bond acceptors (Lipinski definition) is 9. The molecule has 0 bridgehead atoms. The Hall–Kier alpha value is -3.12. The molecule has 6 rings (SSSR count). The first kappa shape index (κ1) is 28.0. The highest BCUT2D eigenvalue weighted by Crippen LogP contribution is 2.38. The summed E-state index contributed by atoms with van der Waals surface area (Å²) in [6.07, 6.45) is 3.63. The van der Waals surface area contributed by atoms with Crippen LogP contribution in [0.15, 0.2) is 30.9 Å². The van der Waals surface area contributed by atoms with Crippen molar-refractivity contribution in [1.29, 1.82) is 0 Å². The van der Waals surface area contributed by atoms with Gasteiger partial charge >= 0.3 is 0 Å². The monoisotopic (exact) mass is 562 g/mol. The first-order chi connectivity index (χ1) is 19.5. The standard InChI is InChI=1S/C30H42N8O3/c1-16(2)37(13-22-25(39)26(40)29(41-22)38-15-34-24-27(31)32-14-33-28(24)38)19-10-17(11-19)6-9-23-35-20-8-7-18(30(3,4)5)12-21(20)36-23/h7-8,12,14-17,19,22,25-26,29,39-40H,6,9-11,13H2,1-5H3,(H,35,36)(H2,31,32,33)/t17?,19?,22-,25-,26-,29?/m1/s1. The number of fused-ring (bicyclic) bond motifs is 2. The highest BCUT2D eigenvalue weighted by atomic mass is 16.6. The van der Waals surface area contributed by atoms with E-state index in [0.29, 0.717) is 29.7 Å². The van der Waals surface area contributed by atoms with Crippen molar-refractivity contribution < 1.29 is 14.9 Å². The maximum absolute atomic E-state index is 10.9. The van der Waals surface area contributed by atoms with Crippen LogP contribution in [0.25, 0.3) is 22.2 Å². The minimum Gasteiger partial charge on any atom is -0.387 e. The molecule has 1 saturated carbocycles. The lowest BCUT2D eigenvalue weighted by atomic mass is 9.76. The summed E-state index contributed by atoms with van der Waals surface area (Å²) in [5.74, 6) is 1.95. The lowest BCUT2D eigenvalue weighted by molar-refractivity contribution is -0.0620. The van der Waals surface area contributed by atoms with Crippen LogP contribution >= 0.6 is 0 Å². The van der Waals surface area contributed by atoms with E-state index in [1.54, 1.807) is 4.57 Å². The number of ether oxygens (including phenoxy) is 1. The second-order valence-electron chi connectivity index (χ2n) is 13.1. The average molecular weight is 563 g/mol. The van der Waals surface area contributed by atoms with Crippen molar-refractivity contribution in [2.24, 2.45) is 5.92 Å². The van der Waals surface area contributed by atoms with Crippen LogP contribution in [-0.4, -0.2) is 81.5 Å². The Kier molecular flexibility index (Phi) is 7.25. The highest BCUT2D eigenvalue weighted by Gasteiger charge is 2.46. The molecule has 2 aliphatic rings. The number of rotatable bonds is 8. The number of nitrogens with two attached hydrogens (primary N) is 1. The molecule has 2 fully saturated rings. The van der Waals surface area contributed by atoms with Crippen molar-refractivity contribution >= 4 is 28.0 Å². The van der Waals surface area contributed by atoms with Gasteiger partial charge in [0.1, 0.15) is 36.0 Å². The van der Waals surface area contributed by atoms with Crippen molar-refractivity contribution in [1.82, 2.24) is 34.4 Å². The van der Waals surface area contributed by atoms with Gasteiger partial charge in [-0.2, -0.15) is 0 Å². The van der Waals surface area contributed by atoms with Crippen LogP contribution in [0.4, 0.5) is 5.82 Å². The topological polar surface area (TPSA) is 151 Å².